The minimum atomic E-state index is -0.306. The molecule has 0 bridgehead atoms. The molecule has 0 aromatic heterocycles. The molecule has 0 unspecified atom stereocenters. The third kappa shape index (κ3) is 13.2. The maximum absolute atomic E-state index is 11.3. The van der Waals surface area contributed by atoms with Crippen LogP contribution < -0.4 is 0 Å². The molecule has 112 valence electrons. The molecule has 4 heteroatoms. The Morgan fingerprint density at radius 3 is 1.58 bits per heavy atom. The maximum atomic E-state index is 11.3. The Hall–Kier alpha value is -1.06. The van der Waals surface area contributed by atoms with E-state index < -0.39 is 0 Å². The molecule has 0 N–H and O–H groups in total. The average Bonchev–Trinajstić information content (AvgIpc) is 2.41. The highest BCUT2D eigenvalue weighted by Crippen LogP contribution is 2.02. The number of ether oxygens (including phenoxy) is 2. The highest BCUT2D eigenvalue weighted by molar-refractivity contribution is 5.77. The minimum absolute atomic E-state index is 0.125. The van der Waals surface area contributed by atoms with Gasteiger partial charge in [0, 0.05) is 0 Å². The van der Waals surface area contributed by atoms with E-state index in [0.29, 0.717) is 13.2 Å². The highest BCUT2D eigenvalue weighted by atomic mass is 16.5. The number of carbonyl (C=O) groups excluding carboxylic acids is 2. The van der Waals surface area contributed by atoms with Crippen LogP contribution in [-0.2, 0) is 19.1 Å². The zero-order chi connectivity index (χ0) is 14.3. The maximum Gasteiger partial charge on any atom is 0.306 e. The summed E-state index contributed by atoms with van der Waals surface area (Å²) in [6.07, 6.45) is 7.63. The quantitative estimate of drug-likeness (QED) is 0.402. The van der Waals surface area contributed by atoms with Crippen molar-refractivity contribution in [2.45, 2.75) is 71.6 Å². The Balaban J connectivity index is 3.38. The van der Waals surface area contributed by atoms with E-state index in [1.165, 1.54) is 6.42 Å². The van der Waals surface area contributed by atoms with Gasteiger partial charge in [0.05, 0.1) is 26.1 Å². The minimum Gasteiger partial charge on any atom is -0.466 e. The summed E-state index contributed by atoms with van der Waals surface area (Å²) in [7, 11) is 0. The van der Waals surface area contributed by atoms with E-state index in [4.69, 9.17) is 9.47 Å². The largest absolute Gasteiger partial charge is 0.466 e. The number of carbonyl (C=O) groups is 2. The Bertz CT molecular complexity index is 238. The van der Waals surface area contributed by atoms with Crippen molar-refractivity contribution in [3.8, 4) is 0 Å². The predicted molar refractivity (Wildman–Crippen MR) is 74.8 cm³/mol. The molecule has 0 aromatic rings. The first-order valence-electron chi connectivity index (χ1n) is 7.52. The van der Waals surface area contributed by atoms with Crippen LogP contribution in [0.4, 0.5) is 0 Å². The molecule has 0 aliphatic heterocycles. The van der Waals surface area contributed by atoms with Gasteiger partial charge in [-0.1, -0.05) is 46.0 Å². The van der Waals surface area contributed by atoms with Gasteiger partial charge in [-0.05, 0) is 12.8 Å². The Kier molecular flexibility index (Phi) is 12.6. The van der Waals surface area contributed by atoms with Gasteiger partial charge in [-0.25, -0.2) is 0 Å². The number of hydrogen-bond acceptors (Lipinski definition) is 4. The molecule has 0 fully saturated rings. The number of esters is 2. The molecular weight excluding hydrogens is 244 g/mol. The second-order valence-corrected chi connectivity index (χ2v) is 4.71. The van der Waals surface area contributed by atoms with Gasteiger partial charge in [0.15, 0.2) is 0 Å². The molecule has 4 nitrogen and oxygen atoms in total. The molecule has 19 heavy (non-hydrogen) atoms. The van der Waals surface area contributed by atoms with E-state index in [2.05, 4.69) is 13.8 Å². The van der Waals surface area contributed by atoms with Crippen molar-refractivity contribution < 1.29 is 19.1 Å². The van der Waals surface area contributed by atoms with Crippen LogP contribution in [0.2, 0.25) is 0 Å². The Morgan fingerprint density at radius 2 is 1.11 bits per heavy atom. The fourth-order valence-electron chi connectivity index (χ4n) is 1.60. The van der Waals surface area contributed by atoms with E-state index in [1.54, 1.807) is 0 Å². The van der Waals surface area contributed by atoms with Crippen molar-refractivity contribution >= 4 is 11.9 Å². The van der Waals surface area contributed by atoms with Gasteiger partial charge >= 0.3 is 11.9 Å². The molecule has 0 rings (SSSR count). The molecule has 0 amide bonds. The molecule has 0 heterocycles. The van der Waals surface area contributed by atoms with Crippen LogP contribution in [0.1, 0.15) is 71.6 Å². The lowest BCUT2D eigenvalue weighted by Crippen LogP contribution is -2.11. The van der Waals surface area contributed by atoms with Gasteiger partial charge in [0.25, 0.3) is 0 Å². The lowest BCUT2D eigenvalue weighted by molar-refractivity contribution is -0.150. The molecular formula is C15H28O4. The van der Waals surface area contributed by atoms with Crippen molar-refractivity contribution in [2.75, 3.05) is 13.2 Å². The Morgan fingerprint density at radius 1 is 0.684 bits per heavy atom. The van der Waals surface area contributed by atoms with E-state index in [-0.39, 0.29) is 24.8 Å². The second kappa shape index (κ2) is 13.4. The third-order valence-corrected chi connectivity index (χ3v) is 2.81. The van der Waals surface area contributed by atoms with Gasteiger partial charge in [-0.2, -0.15) is 0 Å². The van der Waals surface area contributed by atoms with Crippen LogP contribution in [0.3, 0.4) is 0 Å². The molecule has 0 spiro atoms. The number of rotatable bonds is 12. The van der Waals surface area contributed by atoms with Crippen LogP contribution in [0.15, 0.2) is 0 Å². The lowest BCUT2D eigenvalue weighted by atomic mass is 10.2. The zero-order valence-electron chi connectivity index (χ0n) is 12.4. The predicted octanol–water partition coefficient (Wildman–Crippen LogP) is 3.62. The summed E-state index contributed by atoms with van der Waals surface area (Å²) >= 11 is 0. The summed E-state index contributed by atoms with van der Waals surface area (Å²) < 4.78 is 10.0. The zero-order valence-corrected chi connectivity index (χ0v) is 12.4. The van der Waals surface area contributed by atoms with Crippen LogP contribution in [-0.4, -0.2) is 25.2 Å². The molecule has 0 aromatic carbocycles. The molecule has 0 saturated carbocycles. The van der Waals surface area contributed by atoms with Crippen molar-refractivity contribution in [1.82, 2.24) is 0 Å². The van der Waals surface area contributed by atoms with Gasteiger partial charge < -0.3 is 9.47 Å². The van der Waals surface area contributed by atoms with Crippen LogP contribution in [0, 0.1) is 0 Å². The normalized spacial score (nSPS) is 10.2. The molecule has 0 radical (unpaired) electrons. The molecule has 0 aliphatic carbocycles. The average molecular weight is 272 g/mol. The molecule has 0 aliphatic rings. The van der Waals surface area contributed by atoms with Crippen LogP contribution in [0.5, 0.6) is 0 Å². The summed E-state index contributed by atoms with van der Waals surface area (Å²) in [6, 6.07) is 0. The first kappa shape index (κ1) is 17.9. The van der Waals surface area contributed by atoms with Gasteiger partial charge in [-0.15, -0.1) is 0 Å². The standard InChI is InChI=1S/C15H28O4/c1-3-5-7-9-13-19-15(17)11-10-14(16)18-12-8-6-4-2/h3-13H2,1-2H3. The van der Waals surface area contributed by atoms with Gasteiger partial charge in [0.1, 0.15) is 0 Å². The van der Waals surface area contributed by atoms with Crippen LogP contribution in [0.25, 0.3) is 0 Å². The summed E-state index contributed by atoms with van der Waals surface area (Å²) in [5, 5.41) is 0. The summed E-state index contributed by atoms with van der Waals surface area (Å²) in [5.74, 6) is -0.610. The SMILES string of the molecule is CCCCCCOC(=O)CCC(=O)OCCCCC. The molecule has 0 atom stereocenters. The first-order valence-corrected chi connectivity index (χ1v) is 7.52. The topological polar surface area (TPSA) is 52.6 Å². The van der Waals surface area contributed by atoms with E-state index in [0.717, 1.165) is 38.5 Å². The fraction of sp³-hybridized carbons (Fsp3) is 0.867. The summed E-state index contributed by atoms with van der Waals surface area (Å²) in [4.78, 5) is 22.6. The molecule has 0 saturated heterocycles. The lowest BCUT2D eigenvalue weighted by Gasteiger charge is -2.05. The summed E-state index contributed by atoms with van der Waals surface area (Å²) in [5.41, 5.74) is 0. The second-order valence-electron chi connectivity index (χ2n) is 4.71. The third-order valence-electron chi connectivity index (χ3n) is 2.81. The van der Waals surface area contributed by atoms with E-state index >= 15 is 0 Å². The summed E-state index contributed by atoms with van der Waals surface area (Å²) in [6.45, 7) is 5.15. The van der Waals surface area contributed by atoms with E-state index in [1.807, 2.05) is 0 Å². The highest BCUT2D eigenvalue weighted by Gasteiger charge is 2.08. The van der Waals surface area contributed by atoms with Crippen molar-refractivity contribution in [1.29, 1.82) is 0 Å². The van der Waals surface area contributed by atoms with Crippen molar-refractivity contribution in [2.24, 2.45) is 0 Å². The monoisotopic (exact) mass is 272 g/mol. The van der Waals surface area contributed by atoms with Gasteiger partial charge in [0.2, 0.25) is 0 Å². The van der Waals surface area contributed by atoms with Crippen LogP contribution >= 0.6 is 0 Å². The smallest absolute Gasteiger partial charge is 0.306 e. The van der Waals surface area contributed by atoms with Crippen molar-refractivity contribution in [3.63, 3.8) is 0 Å². The fourth-order valence-corrected chi connectivity index (χ4v) is 1.60. The van der Waals surface area contributed by atoms with Gasteiger partial charge in [-0.3, -0.25) is 9.59 Å². The van der Waals surface area contributed by atoms with Crippen molar-refractivity contribution in [3.05, 3.63) is 0 Å². The number of unbranched alkanes of at least 4 members (excludes halogenated alkanes) is 5. The number of hydrogen-bond donors (Lipinski definition) is 0. The first-order chi connectivity index (χ1) is 9.20. The van der Waals surface area contributed by atoms with E-state index in [9.17, 15) is 9.59 Å². The Labute approximate surface area is 116 Å².